The molecule has 0 radical (unpaired) electrons. The van der Waals surface area contributed by atoms with E-state index in [0.29, 0.717) is 41.5 Å². The molecule has 1 saturated heterocycles. The van der Waals surface area contributed by atoms with Gasteiger partial charge in [-0.05, 0) is 31.2 Å². The minimum absolute atomic E-state index is 0.00515. The summed E-state index contributed by atoms with van der Waals surface area (Å²) in [5, 5.41) is 28.7. The van der Waals surface area contributed by atoms with E-state index < -0.39 is 4.92 Å². The molecule has 1 aliphatic rings. The number of aryl methyl sites for hydroxylation is 1. The number of thioether (sulfide) groups is 1. The molecule has 0 saturated carbocycles. The fourth-order valence-corrected chi connectivity index (χ4v) is 4.31. The monoisotopic (exact) mass is 479 g/mol. The van der Waals surface area contributed by atoms with Crippen LogP contribution in [0.4, 0.5) is 11.6 Å². The van der Waals surface area contributed by atoms with E-state index in [1.807, 2.05) is 23.6 Å². The van der Waals surface area contributed by atoms with Gasteiger partial charge in [0.2, 0.25) is 17.7 Å². The van der Waals surface area contributed by atoms with Crippen LogP contribution in [0.1, 0.15) is 11.5 Å². The Morgan fingerprint density at radius 1 is 1.00 bits per heavy atom. The van der Waals surface area contributed by atoms with E-state index in [2.05, 4.69) is 37.4 Å². The Bertz CT molecular complexity index is 1280. The van der Waals surface area contributed by atoms with E-state index in [1.165, 1.54) is 29.5 Å². The molecule has 0 N–H and O–H groups in total. The van der Waals surface area contributed by atoms with Gasteiger partial charge in [-0.25, -0.2) is 0 Å². The molecule has 4 aromatic rings. The largest absolute Gasteiger partial charge is 0.420 e. The van der Waals surface area contributed by atoms with Gasteiger partial charge in [0, 0.05) is 30.8 Å². The molecule has 5 rings (SSSR count). The molecule has 3 heterocycles. The van der Waals surface area contributed by atoms with Crippen LogP contribution in [0.5, 0.6) is 0 Å². The fourth-order valence-electron chi connectivity index (χ4n) is 3.52. The summed E-state index contributed by atoms with van der Waals surface area (Å²) in [6.07, 6.45) is 0. The molecule has 34 heavy (non-hydrogen) atoms. The molecule has 2 aromatic heterocycles. The van der Waals surface area contributed by atoms with E-state index in [9.17, 15) is 10.1 Å². The van der Waals surface area contributed by atoms with Gasteiger partial charge in [-0.3, -0.25) is 14.7 Å². The van der Waals surface area contributed by atoms with Crippen molar-refractivity contribution in [3.8, 4) is 17.1 Å². The lowest BCUT2D eigenvalue weighted by atomic mass is 10.2. The molecule has 2 aromatic carbocycles. The van der Waals surface area contributed by atoms with Crippen LogP contribution in [-0.4, -0.2) is 56.2 Å². The summed E-state index contributed by atoms with van der Waals surface area (Å²) in [4.78, 5) is 12.6. The number of aromatic nitrogens is 5. The summed E-state index contributed by atoms with van der Waals surface area (Å²) in [7, 11) is 0. The number of nitrogens with zero attached hydrogens (tertiary/aromatic N) is 7. The minimum Gasteiger partial charge on any atom is -0.420 e. The molecule has 0 atom stereocenters. The second kappa shape index (κ2) is 9.61. The molecule has 0 aliphatic carbocycles. The Morgan fingerprint density at radius 3 is 2.44 bits per heavy atom. The number of ether oxygens (including phenoxy) is 1. The highest BCUT2D eigenvalue weighted by Gasteiger charge is 2.22. The molecule has 0 bridgehead atoms. The summed E-state index contributed by atoms with van der Waals surface area (Å²) in [6.45, 7) is 4.84. The summed E-state index contributed by atoms with van der Waals surface area (Å²) < 4.78 is 13.3. The lowest BCUT2D eigenvalue weighted by Crippen LogP contribution is -2.37. The van der Waals surface area contributed by atoms with Gasteiger partial charge in [-0.15, -0.1) is 20.4 Å². The van der Waals surface area contributed by atoms with E-state index >= 15 is 0 Å². The molecular weight excluding hydrogens is 458 g/mol. The van der Waals surface area contributed by atoms with Gasteiger partial charge in [0.15, 0.2) is 5.16 Å². The Balaban J connectivity index is 1.37. The summed E-state index contributed by atoms with van der Waals surface area (Å²) in [5.74, 6) is 1.89. The smallest absolute Gasteiger partial charge is 0.269 e. The number of rotatable bonds is 7. The van der Waals surface area contributed by atoms with Crippen molar-refractivity contribution in [2.75, 3.05) is 31.2 Å². The van der Waals surface area contributed by atoms with Crippen molar-refractivity contribution in [3.63, 3.8) is 0 Å². The SMILES string of the molecule is Cc1ccc(-n2c(SCc3nnc(-c4ccc([N+](=O)[O-])cc4)o3)nnc2N2CCOCC2)cc1. The summed E-state index contributed by atoms with van der Waals surface area (Å²) in [5.41, 5.74) is 2.76. The van der Waals surface area contributed by atoms with Crippen LogP contribution in [0.15, 0.2) is 58.1 Å². The van der Waals surface area contributed by atoms with Gasteiger partial charge in [0.05, 0.1) is 29.6 Å². The molecule has 1 fully saturated rings. The Labute approximate surface area is 198 Å². The number of non-ortho nitro benzene ring substituents is 1. The van der Waals surface area contributed by atoms with Crippen molar-refractivity contribution in [2.24, 2.45) is 0 Å². The molecule has 0 spiro atoms. The van der Waals surface area contributed by atoms with Crippen LogP contribution in [-0.2, 0) is 10.5 Å². The third-order valence-electron chi connectivity index (χ3n) is 5.32. The van der Waals surface area contributed by atoms with Crippen molar-refractivity contribution >= 4 is 23.4 Å². The highest BCUT2D eigenvalue weighted by atomic mass is 32.2. The average molecular weight is 480 g/mol. The van der Waals surface area contributed by atoms with Crippen LogP contribution < -0.4 is 4.90 Å². The molecule has 1 aliphatic heterocycles. The van der Waals surface area contributed by atoms with Gasteiger partial charge in [-0.1, -0.05) is 29.5 Å². The fraction of sp³-hybridized carbons (Fsp3) is 0.273. The van der Waals surface area contributed by atoms with Crippen molar-refractivity contribution < 1.29 is 14.1 Å². The summed E-state index contributed by atoms with van der Waals surface area (Å²) >= 11 is 1.44. The van der Waals surface area contributed by atoms with E-state index in [4.69, 9.17) is 9.15 Å². The summed E-state index contributed by atoms with van der Waals surface area (Å²) in [6, 6.07) is 14.2. The number of nitro groups is 1. The zero-order valence-corrected chi connectivity index (χ0v) is 19.1. The number of morpholine rings is 1. The second-order valence-electron chi connectivity index (χ2n) is 7.65. The lowest BCUT2D eigenvalue weighted by molar-refractivity contribution is -0.384. The quantitative estimate of drug-likeness (QED) is 0.220. The number of hydrogen-bond acceptors (Lipinski definition) is 10. The Hall–Kier alpha value is -3.77. The molecule has 11 nitrogen and oxygen atoms in total. The van der Waals surface area contributed by atoms with Crippen LogP contribution in [0, 0.1) is 17.0 Å². The lowest BCUT2D eigenvalue weighted by Gasteiger charge is -2.27. The third kappa shape index (κ3) is 4.63. The molecule has 0 unspecified atom stereocenters. The first-order valence-corrected chi connectivity index (χ1v) is 11.6. The zero-order chi connectivity index (χ0) is 23.5. The van der Waals surface area contributed by atoms with Gasteiger partial charge in [0.1, 0.15) is 0 Å². The van der Waals surface area contributed by atoms with Crippen molar-refractivity contribution in [2.45, 2.75) is 17.8 Å². The highest BCUT2D eigenvalue weighted by Crippen LogP contribution is 2.30. The predicted molar refractivity (Wildman–Crippen MR) is 125 cm³/mol. The maximum atomic E-state index is 10.9. The highest BCUT2D eigenvalue weighted by molar-refractivity contribution is 7.98. The second-order valence-corrected chi connectivity index (χ2v) is 8.59. The first kappa shape index (κ1) is 22.0. The van der Waals surface area contributed by atoms with Crippen molar-refractivity contribution in [1.29, 1.82) is 0 Å². The van der Waals surface area contributed by atoms with Gasteiger partial charge in [-0.2, -0.15) is 0 Å². The maximum absolute atomic E-state index is 10.9. The number of nitro benzene ring substituents is 1. The van der Waals surface area contributed by atoms with Crippen molar-refractivity contribution in [1.82, 2.24) is 25.0 Å². The first-order chi connectivity index (χ1) is 16.6. The van der Waals surface area contributed by atoms with E-state index in [0.717, 1.165) is 24.7 Å². The molecule has 0 amide bonds. The number of anilines is 1. The number of benzene rings is 2. The zero-order valence-electron chi connectivity index (χ0n) is 18.3. The van der Waals surface area contributed by atoms with Gasteiger partial charge >= 0.3 is 0 Å². The maximum Gasteiger partial charge on any atom is 0.269 e. The van der Waals surface area contributed by atoms with Gasteiger partial charge in [0.25, 0.3) is 5.69 Å². The molecular formula is C22H21N7O4S. The van der Waals surface area contributed by atoms with E-state index in [1.54, 1.807) is 12.1 Å². The molecule has 174 valence electrons. The first-order valence-electron chi connectivity index (χ1n) is 10.6. The average Bonchev–Trinajstić information content (AvgIpc) is 3.51. The van der Waals surface area contributed by atoms with Crippen LogP contribution >= 0.6 is 11.8 Å². The predicted octanol–water partition coefficient (Wildman–Crippen LogP) is 3.66. The molecule has 12 heteroatoms. The Kier molecular flexibility index (Phi) is 6.23. The van der Waals surface area contributed by atoms with Crippen LogP contribution in [0.3, 0.4) is 0 Å². The normalized spacial score (nSPS) is 13.9. The number of hydrogen-bond donors (Lipinski definition) is 0. The minimum atomic E-state index is -0.449. The van der Waals surface area contributed by atoms with Gasteiger partial charge < -0.3 is 14.1 Å². The van der Waals surface area contributed by atoms with Crippen LogP contribution in [0.25, 0.3) is 17.1 Å². The van der Waals surface area contributed by atoms with E-state index in [-0.39, 0.29) is 5.69 Å². The standard InChI is InChI=1S/C22H21N7O4S/c1-15-2-6-17(7-3-15)28-21(27-10-12-32-13-11-27)25-26-22(28)34-14-19-23-24-20(33-19)16-4-8-18(9-5-16)29(30)31/h2-9H,10-14H2,1H3. The Morgan fingerprint density at radius 2 is 1.74 bits per heavy atom. The van der Waals surface area contributed by atoms with Crippen molar-refractivity contribution in [3.05, 3.63) is 70.1 Å². The third-order valence-corrected chi connectivity index (χ3v) is 6.23. The van der Waals surface area contributed by atoms with Crippen LogP contribution in [0.2, 0.25) is 0 Å². The topological polar surface area (TPSA) is 125 Å².